The van der Waals surface area contributed by atoms with E-state index in [2.05, 4.69) is 9.71 Å². The Morgan fingerprint density at radius 3 is 2.50 bits per heavy atom. The summed E-state index contributed by atoms with van der Waals surface area (Å²) in [7, 11) is -3.85. The maximum absolute atomic E-state index is 13.4. The highest BCUT2D eigenvalue weighted by molar-refractivity contribution is 7.92. The average molecular weight is 447 g/mol. The first-order valence-corrected chi connectivity index (χ1v) is 11.8. The number of hydrogen-bond acceptors (Lipinski definition) is 4. The molecule has 0 saturated heterocycles. The summed E-state index contributed by atoms with van der Waals surface area (Å²) in [6, 6.07) is 19.5. The lowest BCUT2D eigenvalue weighted by atomic mass is 10.1. The Hall–Kier alpha value is -3.65. The molecule has 162 valence electrons. The van der Waals surface area contributed by atoms with Crippen molar-refractivity contribution >= 4 is 38.6 Å². The molecule has 0 fully saturated rings. The van der Waals surface area contributed by atoms with Crippen LogP contribution in [0.15, 0.2) is 71.6 Å². The number of amides is 1. The number of aromatic nitrogens is 2. The van der Waals surface area contributed by atoms with E-state index in [-0.39, 0.29) is 10.8 Å². The molecule has 0 aliphatic carbocycles. The van der Waals surface area contributed by atoms with Gasteiger partial charge in [-0.15, -0.1) is 0 Å². The maximum atomic E-state index is 13.4. The highest BCUT2D eigenvalue weighted by Crippen LogP contribution is 2.29. The summed E-state index contributed by atoms with van der Waals surface area (Å²) in [6.45, 7) is 4.87. The summed E-state index contributed by atoms with van der Waals surface area (Å²) in [4.78, 5) is 19.7. The van der Waals surface area contributed by atoms with Crippen molar-refractivity contribution in [1.82, 2.24) is 9.55 Å². The Labute approximate surface area is 186 Å². The lowest BCUT2D eigenvalue weighted by Crippen LogP contribution is -2.30. The minimum Gasteiger partial charge on any atom is -0.308 e. The van der Waals surface area contributed by atoms with Crippen molar-refractivity contribution in [2.75, 3.05) is 16.2 Å². The van der Waals surface area contributed by atoms with E-state index in [1.807, 2.05) is 47.9 Å². The number of sulfonamides is 1. The smallest absolute Gasteiger partial charge is 0.261 e. The third-order valence-electron chi connectivity index (χ3n) is 5.72. The number of para-hydroxylation sites is 2. The standard InChI is InChI=1S/C24H22N4O3S/c1-16-7-10-18(11-8-16)26-32(30,31)19-12-9-17(2)20(15-19)23(29)28-14-13-27-22-6-4-3-5-21(22)25-24(27)28/h3-12,15,26H,13-14H2,1-2H3. The van der Waals surface area contributed by atoms with Gasteiger partial charge in [-0.3, -0.25) is 14.4 Å². The zero-order chi connectivity index (χ0) is 22.5. The molecule has 4 aromatic rings. The molecule has 1 N–H and O–H groups in total. The van der Waals surface area contributed by atoms with Crippen LogP contribution in [0.3, 0.4) is 0 Å². The molecule has 0 saturated carbocycles. The Bertz CT molecular complexity index is 1460. The molecule has 0 bridgehead atoms. The minimum atomic E-state index is -3.85. The lowest BCUT2D eigenvalue weighted by Gasteiger charge is -2.17. The van der Waals surface area contributed by atoms with E-state index in [0.717, 1.165) is 16.6 Å². The molecule has 7 nitrogen and oxygen atoms in total. The number of nitrogens with zero attached hydrogens (tertiary/aromatic N) is 3. The highest BCUT2D eigenvalue weighted by atomic mass is 32.2. The first-order valence-electron chi connectivity index (χ1n) is 10.3. The number of carbonyl (C=O) groups excluding carboxylic acids is 1. The van der Waals surface area contributed by atoms with E-state index in [1.165, 1.54) is 12.1 Å². The molecule has 1 amide bonds. The second kappa shape index (κ2) is 7.49. The number of hydrogen-bond donors (Lipinski definition) is 1. The number of aryl methyl sites for hydroxylation is 2. The quantitative estimate of drug-likeness (QED) is 0.511. The summed E-state index contributed by atoms with van der Waals surface area (Å²) in [5.74, 6) is 0.325. The van der Waals surface area contributed by atoms with Gasteiger partial charge in [0.1, 0.15) is 0 Å². The molecule has 1 aliphatic heterocycles. The number of rotatable bonds is 4. The van der Waals surface area contributed by atoms with Gasteiger partial charge in [-0.1, -0.05) is 35.9 Å². The van der Waals surface area contributed by atoms with Crippen molar-refractivity contribution in [3.8, 4) is 0 Å². The Balaban J connectivity index is 1.48. The van der Waals surface area contributed by atoms with Gasteiger partial charge in [0.2, 0.25) is 5.95 Å². The monoisotopic (exact) mass is 446 g/mol. The average Bonchev–Trinajstić information content (AvgIpc) is 3.34. The van der Waals surface area contributed by atoms with Crippen molar-refractivity contribution in [3.05, 3.63) is 83.4 Å². The number of benzene rings is 3. The molecule has 0 atom stereocenters. The molecule has 0 unspecified atom stereocenters. The van der Waals surface area contributed by atoms with Gasteiger partial charge in [0, 0.05) is 24.3 Å². The van der Waals surface area contributed by atoms with Crippen LogP contribution in [0, 0.1) is 13.8 Å². The van der Waals surface area contributed by atoms with Crippen LogP contribution in [0.4, 0.5) is 11.6 Å². The van der Waals surface area contributed by atoms with Gasteiger partial charge in [0.25, 0.3) is 15.9 Å². The number of anilines is 2. The van der Waals surface area contributed by atoms with Crippen LogP contribution >= 0.6 is 0 Å². The van der Waals surface area contributed by atoms with E-state index in [1.54, 1.807) is 30.0 Å². The van der Waals surface area contributed by atoms with Crippen molar-refractivity contribution in [1.29, 1.82) is 0 Å². The van der Waals surface area contributed by atoms with Gasteiger partial charge in [0.05, 0.1) is 15.9 Å². The van der Waals surface area contributed by atoms with Crippen molar-refractivity contribution < 1.29 is 13.2 Å². The second-order valence-electron chi connectivity index (χ2n) is 7.96. The Kier molecular flexibility index (Phi) is 4.74. The SMILES string of the molecule is Cc1ccc(NS(=O)(=O)c2ccc(C)c(C(=O)N3CCn4c3nc3ccccc34)c2)cc1. The molecule has 0 radical (unpaired) electrons. The molecular weight excluding hydrogens is 424 g/mol. The van der Waals surface area contributed by atoms with Gasteiger partial charge in [-0.25, -0.2) is 13.4 Å². The third-order valence-corrected chi connectivity index (χ3v) is 7.10. The Morgan fingerprint density at radius 1 is 0.969 bits per heavy atom. The molecule has 3 aromatic carbocycles. The number of imidazole rings is 1. The number of carbonyl (C=O) groups is 1. The third kappa shape index (κ3) is 3.42. The molecule has 1 aliphatic rings. The lowest BCUT2D eigenvalue weighted by molar-refractivity contribution is 0.0988. The Morgan fingerprint density at radius 2 is 1.72 bits per heavy atom. The largest absolute Gasteiger partial charge is 0.308 e. The number of nitrogens with one attached hydrogen (secondary N) is 1. The van der Waals surface area contributed by atoms with Crippen LogP contribution in [-0.4, -0.2) is 30.4 Å². The zero-order valence-corrected chi connectivity index (χ0v) is 18.6. The number of fused-ring (bicyclic) bond motifs is 3. The molecular formula is C24H22N4O3S. The van der Waals surface area contributed by atoms with Crippen molar-refractivity contribution in [2.24, 2.45) is 0 Å². The first-order chi connectivity index (χ1) is 15.3. The highest BCUT2D eigenvalue weighted by Gasteiger charge is 2.30. The maximum Gasteiger partial charge on any atom is 0.261 e. The topological polar surface area (TPSA) is 84.3 Å². The van der Waals surface area contributed by atoms with E-state index in [9.17, 15) is 13.2 Å². The van der Waals surface area contributed by atoms with Crippen LogP contribution < -0.4 is 9.62 Å². The summed E-state index contributed by atoms with van der Waals surface area (Å²) >= 11 is 0. The summed E-state index contributed by atoms with van der Waals surface area (Å²) in [5, 5.41) is 0. The van der Waals surface area contributed by atoms with Crippen LogP contribution in [0.1, 0.15) is 21.5 Å². The van der Waals surface area contributed by atoms with E-state index in [0.29, 0.717) is 35.9 Å². The van der Waals surface area contributed by atoms with Crippen LogP contribution in [0.5, 0.6) is 0 Å². The van der Waals surface area contributed by atoms with Gasteiger partial charge < -0.3 is 4.57 Å². The van der Waals surface area contributed by atoms with Gasteiger partial charge in [-0.05, 0) is 55.8 Å². The predicted molar refractivity (Wildman–Crippen MR) is 125 cm³/mol. The zero-order valence-electron chi connectivity index (χ0n) is 17.7. The summed E-state index contributed by atoms with van der Waals surface area (Å²) in [6.07, 6.45) is 0. The van der Waals surface area contributed by atoms with Crippen LogP contribution in [-0.2, 0) is 16.6 Å². The fourth-order valence-corrected chi connectivity index (χ4v) is 5.05. The summed E-state index contributed by atoms with van der Waals surface area (Å²) in [5.41, 5.74) is 4.37. The van der Waals surface area contributed by atoms with E-state index >= 15 is 0 Å². The normalized spacial score (nSPS) is 13.4. The minimum absolute atomic E-state index is 0.0414. The molecule has 1 aromatic heterocycles. The van der Waals surface area contributed by atoms with Crippen LogP contribution in [0.2, 0.25) is 0 Å². The van der Waals surface area contributed by atoms with Gasteiger partial charge in [-0.2, -0.15) is 0 Å². The molecule has 5 rings (SSSR count). The first kappa shape index (κ1) is 20.3. The van der Waals surface area contributed by atoms with Crippen molar-refractivity contribution in [2.45, 2.75) is 25.3 Å². The second-order valence-corrected chi connectivity index (χ2v) is 9.64. The van der Waals surface area contributed by atoms with E-state index in [4.69, 9.17) is 0 Å². The molecule has 0 spiro atoms. The fraction of sp³-hybridized carbons (Fsp3) is 0.167. The van der Waals surface area contributed by atoms with E-state index < -0.39 is 10.0 Å². The molecule has 2 heterocycles. The fourth-order valence-electron chi connectivity index (χ4n) is 3.96. The van der Waals surface area contributed by atoms with Gasteiger partial charge in [0.15, 0.2) is 0 Å². The molecule has 32 heavy (non-hydrogen) atoms. The molecule has 8 heteroatoms. The van der Waals surface area contributed by atoms with Crippen LogP contribution in [0.25, 0.3) is 11.0 Å². The predicted octanol–water partition coefficient (Wildman–Crippen LogP) is 4.11. The summed E-state index contributed by atoms with van der Waals surface area (Å²) < 4.78 is 30.5. The van der Waals surface area contributed by atoms with Crippen molar-refractivity contribution in [3.63, 3.8) is 0 Å². The van der Waals surface area contributed by atoms with Gasteiger partial charge >= 0.3 is 0 Å².